The summed E-state index contributed by atoms with van der Waals surface area (Å²) in [5.41, 5.74) is -0.00160. The van der Waals surface area contributed by atoms with Crippen LogP contribution in [0.25, 0.3) is 0 Å². The van der Waals surface area contributed by atoms with Gasteiger partial charge in [0.2, 0.25) is 5.91 Å². The molecular weight excluding hydrogens is 200 g/mol. The first kappa shape index (κ1) is 11.9. The minimum absolute atomic E-state index is 0.00160. The molecule has 3 heteroatoms. The second-order valence-electron chi connectivity index (χ2n) is 5.78. The molecule has 0 unspecified atom stereocenters. The lowest BCUT2D eigenvalue weighted by molar-refractivity contribution is -0.149. The molecule has 2 aliphatic heterocycles. The smallest absolute Gasteiger partial charge is 0.228 e. The van der Waals surface area contributed by atoms with Gasteiger partial charge in [0.1, 0.15) is 0 Å². The quantitative estimate of drug-likeness (QED) is 0.773. The number of carbonyl (C=O) groups excluding carboxylic acids is 1. The molecule has 0 aromatic heterocycles. The average Bonchev–Trinajstić information content (AvgIpc) is 2.26. The molecule has 0 radical (unpaired) electrons. The van der Waals surface area contributed by atoms with Crippen LogP contribution in [0, 0.1) is 11.3 Å². The lowest BCUT2D eigenvalue weighted by atomic mass is 9.72. The van der Waals surface area contributed by atoms with Crippen molar-refractivity contribution in [1.82, 2.24) is 10.2 Å². The van der Waals surface area contributed by atoms with Crippen molar-refractivity contribution in [2.24, 2.45) is 11.3 Å². The fraction of sp³-hybridized carbons (Fsp3) is 0.923. The molecule has 0 aliphatic carbocycles. The number of nitrogens with zero attached hydrogens (tertiary/aromatic N) is 1. The maximum atomic E-state index is 12.5. The second-order valence-corrected chi connectivity index (χ2v) is 5.78. The van der Waals surface area contributed by atoms with Crippen LogP contribution in [-0.4, -0.2) is 37.0 Å². The van der Waals surface area contributed by atoms with Gasteiger partial charge in [-0.05, 0) is 44.7 Å². The Morgan fingerprint density at radius 2 is 2.00 bits per heavy atom. The summed E-state index contributed by atoms with van der Waals surface area (Å²) in [6, 6.07) is 0. The summed E-state index contributed by atoms with van der Waals surface area (Å²) >= 11 is 0. The van der Waals surface area contributed by atoms with E-state index in [0.29, 0.717) is 11.8 Å². The van der Waals surface area contributed by atoms with Crippen LogP contribution in [0.1, 0.15) is 39.5 Å². The van der Waals surface area contributed by atoms with Gasteiger partial charge >= 0.3 is 0 Å². The fourth-order valence-corrected chi connectivity index (χ4v) is 3.14. The number of amides is 1. The van der Waals surface area contributed by atoms with Gasteiger partial charge in [0.05, 0.1) is 5.41 Å². The number of piperidine rings is 2. The SMILES string of the molecule is CC(C)CN1CCCC2(CCNCC2)C1=O. The van der Waals surface area contributed by atoms with Gasteiger partial charge in [-0.15, -0.1) is 0 Å². The molecule has 0 bridgehead atoms. The standard InChI is InChI=1S/C13H24N2O/c1-11(2)10-15-9-3-4-13(12(15)16)5-7-14-8-6-13/h11,14H,3-10H2,1-2H3. The van der Waals surface area contributed by atoms with E-state index in [0.717, 1.165) is 45.4 Å². The normalized spacial score (nSPS) is 25.4. The first-order chi connectivity index (χ1) is 7.64. The zero-order valence-electron chi connectivity index (χ0n) is 10.6. The van der Waals surface area contributed by atoms with Crippen LogP contribution in [0.2, 0.25) is 0 Å². The molecular formula is C13H24N2O. The highest BCUT2D eigenvalue weighted by Crippen LogP contribution is 2.39. The van der Waals surface area contributed by atoms with Gasteiger partial charge in [-0.1, -0.05) is 13.8 Å². The molecule has 2 aliphatic rings. The van der Waals surface area contributed by atoms with Gasteiger partial charge in [-0.3, -0.25) is 4.79 Å². The van der Waals surface area contributed by atoms with Crippen LogP contribution in [0.5, 0.6) is 0 Å². The van der Waals surface area contributed by atoms with Crippen molar-refractivity contribution in [2.75, 3.05) is 26.2 Å². The first-order valence-electron chi connectivity index (χ1n) is 6.64. The largest absolute Gasteiger partial charge is 0.342 e. The Hall–Kier alpha value is -0.570. The molecule has 0 atom stereocenters. The molecule has 0 aromatic rings. The summed E-state index contributed by atoms with van der Waals surface area (Å²) in [6.45, 7) is 8.33. The number of carbonyl (C=O) groups is 1. The minimum atomic E-state index is -0.00160. The Bertz CT molecular complexity index is 251. The third-order valence-electron chi connectivity index (χ3n) is 3.97. The monoisotopic (exact) mass is 224 g/mol. The predicted octanol–water partition coefficient (Wildman–Crippen LogP) is 1.63. The van der Waals surface area contributed by atoms with E-state index in [9.17, 15) is 4.79 Å². The van der Waals surface area contributed by atoms with Crippen LogP contribution >= 0.6 is 0 Å². The van der Waals surface area contributed by atoms with E-state index < -0.39 is 0 Å². The number of likely N-dealkylation sites (tertiary alicyclic amines) is 1. The highest BCUT2D eigenvalue weighted by molar-refractivity contribution is 5.83. The van der Waals surface area contributed by atoms with Crippen LogP contribution in [0.15, 0.2) is 0 Å². The van der Waals surface area contributed by atoms with Crippen molar-refractivity contribution in [3.05, 3.63) is 0 Å². The zero-order chi connectivity index (χ0) is 11.6. The molecule has 2 rings (SSSR count). The van der Waals surface area contributed by atoms with Crippen LogP contribution in [0.3, 0.4) is 0 Å². The molecule has 1 N–H and O–H groups in total. The lowest BCUT2D eigenvalue weighted by Gasteiger charge is -2.44. The van der Waals surface area contributed by atoms with Gasteiger partial charge in [0.25, 0.3) is 0 Å². The van der Waals surface area contributed by atoms with Crippen LogP contribution in [0.4, 0.5) is 0 Å². The van der Waals surface area contributed by atoms with Crippen LogP contribution < -0.4 is 5.32 Å². The predicted molar refractivity (Wildman–Crippen MR) is 65.2 cm³/mol. The topological polar surface area (TPSA) is 32.3 Å². The van der Waals surface area contributed by atoms with Gasteiger partial charge in [0, 0.05) is 13.1 Å². The van der Waals surface area contributed by atoms with E-state index in [-0.39, 0.29) is 5.41 Å². The number of hydrogen-bond donors (Lipinski definition) is 1. The van der Waals surface area contributed by atoms with Gasteiger partial charge in [0.15, 0.2) is 0 Å². The van der Waals surface area contributed by atoms with E-state index in [2.05, 4.69) is 24.1 Å². The second kappa shape index (κ2) is 4.74. The number of hydrogen-bond acceptors (Lipinski definition) is 2. The highest BCUT2D eigenvalue weighted by atomic mass is 16.2. The summed E-state index contributed by atoms with van der Waals surface area (Å²) in [6.07, 6.45) is 4.39. The van der Waals surface area contributed by atoms with Gasteiger partial charge in [-0.25, -0.2) is 0 Å². The highest BCUT2D eigenvalue weighted by Gasteiger charge is 2.44. The first-order valence-corrected chi connectivity index (χ1v) is 6.64. The summed E-state index contributed by atoms with van der Waals surface area (Å²) in [4.78, 5) is 14.6. The Kier molecular flexibility index (Phi) is 3.53. The van der Waals surface area contributed by atoms with Gasteiger partial charge < -0.3 is 10.2 Å². The molecule has 0 saturated carbocycles. The molecule has 3 nitrogen and oxygen atoms in total. The van der Waals surface area contributed by atoms with Crippen molar-refractivity contribution in [3.63, 3.8) is 0 Å². The average molecular weight is 224 g/mol. The summed E-state index contributed by atoms with van der Waals surface area (Å²) in [5, 5.41) is 3.36. The van der Waals surface area contributed by atoms with E-state index in [1.54, 1.807) is 0 Å². The van der Waals surface area contributed by atoms with E-state index in [1.165, 1.54) is 6.42 Å². The molecule has 2 saturated heterocycles. The molecule has 92 valence electrons. The molecule has 1 amide bonds. The maximum absolute atomic E-state index is 12.5. The Morgan fingerprint density at radius 1 is 1.31 bits per heavy atom. The third kappa shape index (κ3) is 2.24. The van der Waals surface area contributed by atoms with Crippen molar-refractivity contribution in [3.8, 4) is 0 Å². The molecule has 16 heavy (non-hydrogen) atoms. The third-order valence-corrected chi connectivity index (χ3v) is 3.97. The fourth-order valence-electron chi connectivity index (χ4n) is 3.14. The Balaban J connectivity index is 2.06. The molecule has 2 heterocycles. The van der Waals surface area contributed by atoms with Crippen molar-refractivity contribution < 1.29 is 4.79 Å². The van der Waals surface area contributed by atoms with E-state index in [4.69, 9.17) is 0 Å². The van der Waals surface area contributed by atoms with E-state index in [1.807, 2.05) is 0 Å². The number of nitrogens with one attached hydrogen (secondary N) is 1. The molecule has 0 aromatic carbocycles. The van der Waals surface area contributed by atoms with Crippen molar-refractivity contribution in [1.29, 1.82) is 0 Å². The summed E-state index contributed by atoms with van der Waals surface area (Å²) in [7, 11) is 0. The molecule has 2 fully saturated rings. The van der Waals surface area contributed by atoms with Crippen molar-refractivity contribution in [2.45, 2.75) is 39.5 Å². The zero-order valence-corrected chi connectivity index (χ0v) is 10.6. The lowest BCUT2D eigenvalue weighted by Crippen LogP contribution is -2.53. The van der Waals surface area contributed by atoms with E-state index >= 15 is 0 Å². The number of rotatable bonds is 2. The summed E-state index contributed by atoms with van der Waals surface area (Å²) < 4.78 is 0. The minimum Gasteiger partial charge on any atom is -0.342 e. The van der Waals surface area contributed by atoms with Crippen molar-refractivity contribution >= 4 is 5.91 Å². The van der Waals surface area contributed by atoms with Crippen LogP contribution in [-0.2, 0) is 4.79 Å². The molecule has 1 spiro atoms. The summed E-state index contributed by atoms with van der Waals surface area (Å²) in [5.74, 6) is 1.02. The Morgan fingerprint density at radius 3 is 2.62 bits per heavy atom. The Labute approximate surface area is 98.6 Å². The maximum Gasteiger partial charge on any atom is 0.228 e. The van der Waals surface area contributed by atoms with Gasteiger partial charge in [-0.2, -0.15) is 0 Å².